The number of carbonyl (C=O) groups excluding carboxylic acids is 2. The Morgan fingerprint density at radius 1 is 1.30 bits per heavy atom. The summed E-state index contributed by atoms with van der Waals surface area (Å²) in [6.07, 6.45) is 0.884. The number of hydrogen-bond acceptors (Lipinski definition) is 3. The van der Waals surface area contributed by atoms with Crippen LogP contribution in [0.4, 0.5) is 0 Å². The van der Waals surface area contributed by atoms with Crippen molar-refractivity contribution in [3.8, 4) is 0 Å². The molecule has 0 saturated heterocycles. The second-order valence-electron chi connectivity index (χ2n) is 4.63. The topological polar surface area (TPSA) is 58.2 Å². The Morgan fingerprint density at radius 2 is 2.00 bits per heavy atom. The molecule has 0 heterocycles. The number of thioether (sulfide) groups is 1. The molecule has 1 rings (SSSR count). The van der Waals surface area contributed by atoms with Gasteiger partial charge < -0.3 is 10.6 Å². The maximum atomic E-state index is 11.8. The molecule has 4 nitrogen and oxygen atoms in total. The third-order valence-corrected chi connectivity index (χ3v) is 3.95. The minimum absolute atomic E-state index is 0.127. The molecule has 2 amide bonds. The van der Waals surface area contributed by atoms with Crippen molar-refractivity contribution in [2.75, 3.05) is 12.3 Å². The number of hydrogen-bond donors (Lipinski definition) is 2. The quantitative estimate of drug-likeness (QED) is 0.757. The van der Waals surface area contributed by atoms with E-state index >= 15 is 0 Å². The molecule has 0 spiro atoms. The lowest BCUT2D eigenvalue weighted by molar-refractivity contribution is -0.127. The summed E-state index contributed by atoms with van der Waals surface area (Å²) in [5.74, 6) is 0.0504. The lowest BCUT2D eigenvalue weighted by atomic mass is 10.2. The molecule has 0 aliphatic rings. The van der Waals surface area contributed by atoms with Crippen molar-refractivity contribution in [3.05, 3.63) is 29.8 Å². The first kappa shape index (κ1) is 16.6. The summed E-state index contributed by atoms with van der Waals surface area (Å²) in [6, 6.07) is 7.44. The smallest absolute Gasteiger partial charge is 0.242 e. The van der Waals surface area contributed by atoms with E-state index in [-0.39, 0.29) is 11.8 Å². The van der Waals surface area contributed by atoms with Crippen molar-refractivity contribution >= 4 is 23.6 Å². The normalized spacial score (nSPS) is 11.8. The van der Waals surface area contributed by atoms with Crippen molar-refractivity contribution in [1.82, 2.24) is 10.6 Å². The summed E-state index contributed by atoms with van der Waals surface area (Å²) >= 11 is 1.48. The fraction of sp³-hybridized carbons (Fsp3) is 0.467. The van der Waals surface area contributed by atoms with Gasteiger partial charge in [-0.15, -0.1) is 11.8 Å². The lowest BCUT2D eigenvalue weighted by Gasteiger charge is -2.13. The molecule has 0 bridgehead atoms. The van der Waals surface area contributed by atoms with E-state index in [1.807, 2.05) is 38.1 Å². The maximum Gasteiger partial charge on any atom is 0.242 e. The molecule has 110 valence electrons. The zero-order valence-corrected chi connectivity index (χ0v) is 13.0. The number of aryl methyl sites for hydroxylation is 1. The van der Waals surface area contributed by atoms with Crippen LogP contribution in [-0.4, -0.2) is 30.2 Å². The van der Waals surface area contributed by atoms with Crippen molar-refractivity contribution < 1.29 is 9.59 Å². The van der Waals surface area contributed by atoms with Gasteiger partial charge in [-0.3, -0.25) is 9.59 Å². The molecule has 1 atom stereocenters. The Hall–Kier alpha value is -1.49. The van der Waals surface area contributed by atoms with E-state index in [4.69, 9.17) is 0 Å². The van der Waals surface area contributed by atoms with Crippen LogP contribution in [0.15, 0.2) is 29.2 Å². The van der Waals surface area contributed by atoms with E-state index in [1.165, 1.54) is 11.8 Å². The number of rotatable bonds is 7. The summed E-state index contributed by atoms with van der Waals surface area (Å²) in [7, 11) is 0. The summed E-state index contributed by atoms with van der Waals surface area (Å²) in [6.45, 7) is 6.34. The zero-order chi connectivity index (χ0) is 15.0. The van der Waals surface area contributed by atoms with E-state index < -0.39 is 6.04 Å². The Labute approximate surface area is 124 Å². The Morgan fingerprint density at radius 3 is 2.65 bits per heavy atom. The van der Waals surface area contributed by atoms with Crippen molar-refractivity contribution in [2.24, 2.45) is 0 Å². The van der Waals surface area contributed by atoms with Gasteiger partial charge in [-0.2, -0.15) is 0 Å². The standard InChI is InChI=1S/C15H22N2O2S/c1-4-9-16-15(19)12(3)17-14(18)10-20-13-8-6-5-7-11(13)2/h5-8,12H,4,9-10H2,1-3H3,(H,16,19)(H,17,18)/t12-/m0/s1. The molecule has 0 unspecified atom stereocenters. The first-order valence-corrected chi connectivity index (χ1v) is 7.78. The highest BCUT2D eigenvalue weighted by molar-refractivity contribution is 8.00. The van der Waals surface area contributed by atoms with Gasteiger partial charge in [-0.05, 0) is 31.9 Å². The number of benzene rings is 1. The predicted octanol–water partition coefficient (Wildman–Crippen LogP) is 2.12. The van der Waals surface area contributed by atoms with Crippen LogP contribution in [0.3, 0.4) is 0 Å². The SMILES string of the molecule is CCCNC(=O)[C@H](C)NC(=O)CSc1ccccc1C. The molecule has 0 aliphatic carbocycles. The Kier molecular flexibility index (Phi) is 7.15. The highest BCUT2D eigenvalue weighted by atomic mass is 32.2. The first-order valence-electron chi connectivity index (χ1n) is 6.80. The Balaban J connectivity index is 2.37. The molecular formula is C15H22N2O2S. The second-order valence-corrected chi connectivity index (χ2v) is 5.65. The molecule has 2 N–H and O–H groups in total. The van der Waals surface area contributed by atoms with Crippen LogP contribution in [0.2, 0.25) is 0 Å². The molecule has 1 aromatic carbocycles. The predicted molar refractivity (Wildman–Crippen MR) is 82.8 cm³/mol. The number of amides is 2. The van der Waals surface area contributed by atoms with Crippen molar-refractivity contribution in [2.45, 2.75) is 38.1 Å². The van der Waals surface area contributed by atoms with Gasteiger partial charge in [0.15, 0.2) is 0 Å². The van der Waals surface area contributed by atoms with E-state index in [1.54, 1.807) is 6.92 Å². The molecule has 0 aliphatic heterocycles. The second kappa shape index (κ2) is 8.64. The highest BCUT2D eigenvalue weighted by Crippen LogP contribution is 2.21. The molecule has 1 aromatic rings. The van der Waals surface area contributed by atoms with Gasteiger partial charge >= 0.3 is 0 Å². The number of carbonyl (C=O) groups is 2. The lowest BCUT2D eigenvalue weighted by Crippen LogP contribution is -2.45. The van der Waals surface area contributed by atoms with E-state index in [2.05, 4.69) is 10.6 Å². The molecular weight excluding hydrogens is 272 g/mol. The number of nitrogens with one attached hydrogen (secondary N) is 2. The van der Waals surface area contributed by atoms with Gasteiger partial charge in [0.05, 0.1) is 5.75 Å². The molecule has 5 heteroatoms. The molecule has 0 aromatic heterocycles. The third-order valence-electron chi connectivity index (χ3n) is 2.77. The van der Waals surface area contributed by atoms with Crippen LogP contribution >= 0.6 is 11.8 Å². The first-order chi connectivity index (χ1) is 9.54. The van der Waals surface area contributed by atoms with Gasteiger partial charge in [0, 0.05) is 11.4 Å². The molecule has 20 heavy (non-hydrogen) atoms. The summed E-state index contributed by atoms with van der Waals surface area (Å²) < 4.78 is 0. The van der Waals surface area contributed by atoms with Crippen LogP contribution in [0, 0.1) is 6.92 Å². The average molecular weight is 294 g/mol. The summed E-state index contributed by atoms with van der Waals surface area (Å²) in [5.41, 5.74) is 1.15. The van der Waals surface area contributed by atoms with Crippen molar-refractivity contribution in [1.29, 1.82) is 0 Å². The van der Waals surface area contributed by atoms with E-state index in [9.17, 15) is 9.59 Å². The molecule has 0 radical (unpaired) electrons. The van der Waals surface area contributed by atoms with Crippen LogP contribution in [0.5, 0.6) is 0 Å². The zero-order valence-electron chi connectivity index (χ0n) is 12.2. The minimum Gasteiger partial charge on any atom is -0.354 e. The van der Waals surface area contributed by atoms with Gasteiger partial charge in [0.1, 0.15) is 6.04 Å². The third kappa shape index (κ3) is 5.65. The van der Waals surface area contributed by atoms with E-state index in [0.29, 0.717) is 12.3 Å². The summed E-state index contributed by atoms with van der Waals surface area (Å²) in [5, 5.41) is 5.47. The largest absolute Gasteiger partial charge is 0.354 e. The minimum atomic E-state index is -0.494. The fourth-order valence-corrected chi connectivity index (χ4v) is 2.45. The van der Waals surface area contributed by atoms with E-state index in [0.717, 1.165) is 16.9 Å². The molecule has 0 fully saturated rings. The van der Waals surface area contributed by atoms with Crippen LogP contribution in [0.25, 0.3) is 0 Å². The Bertz CT molecular complexity index is 463. The van der Waals surface area contributed by atoms with Gasteiger partial charge in [-0.25, -0.2) is 0 Å². The monoisotopic (exact) mass is 294 g/mol. The average Bonchev–Trinajstić information content (AvgIpc) is 2.43. The molecule has 0 saturated carbocycles. The maximum absolute atomic E-state index is 11.8. The highest BCUT2D eigenvalue weighted by Gasteiger charge is 2.14. The van der Waals surface area contributed by atoms with Gasteiger partial charge in [0.25, 0.3) is 0 Å². The van der Waals surface area contributed by atoms with Crippen LogP contribution < -0.4 is 10.6 Å². The van der Waals surface area contributed by atoms with Gasteiger partial charge in [-0.1, -0.05) is 25.1 Å². The fourth-order valence-electron chi connectivity index (χ4n) is 1.61. The van der Waals surface area contributed by atoms with Gasteiger partial charge in [0.2, 0.25) is 11.8 Å². The van der Waals surface area contributed by atoms with Crippen molar-refractivity contribution in [3.63, 3.8) is 0 Å². The van der Waals surface area contributed by atoms with Crippen LogP contribution in [-0.2, 0) is 9.59 Å². The summed E-state index contributed by atoms with van der Waals surface area (Å²) in [4.78, 5) is 24.5. The van der Waals surface area contributed by atoms with Crippen LogP contribution in [0.1, 0.15) is 25.8 Å².